The SMILES string of the molecule is CC.CC.Cc1cc2c(c(-c3c(C)c(C)cc4ccccc34)c1C)=CC1CC1C=2. The highest BCUT2D eigenvalue weighted by atomic mass is 14.4. The lowest BCUT2D eigenvalue weighted by Crippen LogP contribution is -2.31. The molecule has 0 bridgehead atoms. The van der Waals surface area contributed by atoms with E-state index in [0.717, 1.165) is 11.8 Å². The zero-order chi connectivity index (χ0) is 21.3. The highest BCUT2D eigenvalue weighted by Gasteiger charge is 2.35. The topological polar surface area (TPSA) is 0 Å². The summed E-state index contributed by atoms with van der Waals surface area (Å²) in [5.41, 5.74) is 8.54. The molecule has 5 rings (SSSR count). The third kappa shape index (κ3) is 3.66. The van der Waals surface area contributed by atoms with Gasteiger partial charge in [-0.3, -0.25) is 0 Å². The van der Waals surface area contributed by atoms with Crippen LogP contribution < -0.4 is 10.4 Å². The molecule has 0 N–H and O–H groups in total. The van der Waals surface area contributed by atoms with E-state index in [4.69, 9.17) is 0 Å². The lowest BCUT2D eigenvalue weighted by atomic mass is 9.85. The largest absolute Gasteiger partial charge is 0.0729 e. The van der Waals surface area contributed by atoms with Crippen LogP contribution in [-0.4, -0.2) is 0 Å². The lowest BCUT2D eigenvalue weighted by Gasteiger charge is -2.19. The number of rotatable bonds is 1. The van der Waals surface area contributed by atoms with Gasteiger partial charge in [-0.15, -0.1) is 0 Å². The van der Waals surface area contributed by atoms with E-state index in [1.807, 2.05) is 27.7 Å². The van der Waals surface area contributed by atoms with Crippen LogP contribution in [0.25, 0.3) is 34.1 Å². The van der Waals surface area contributed by atoms with Crippen LogP contribution in [0, 0.1) is 39.5 Å². The molecule has 152 valence electrons. The quantitative estimate of drug-likeness (QED) is 0.423. The van der Waals surface area contributed by atoms with Crippen LogP contribution in [0.3, 0.4) is 0 Å². The van der Waals surface area contributed by atoms with Crippen LogP contribution in [-0.2, 0) is 0 Å². The number of aryl methyl sites for hydroxylation is 2. The number of hydrogen-bond donors (Lipinski definition) is 0. The van der Waals surface area contributed by atoms with E-state index in [2.05, 4.69) is 76.2 Å². The first-order chi connectivity index (χ1) is 14.0. The molecule has 0 saturated heterocycles. The molecule has 0 aromatic heterocycles. The summed E-state index contributed by atoms with van der Waals surface area (Å²) in [5, 5.41) is 5.65. The highest BCUT2D eigenvalue weighted by Crippen LogP contribution is 2.43. The molecule has 1 saturated carbocycles. The van der Waals surface area contributed by atoms with Gasteiger partial charge in [0.1, 0.15) is 0 Å². The molecule has 0 heteroatoms. The predicted molar refractivity (Wildman–Crippen MR) is 131 cm³/mol. The van der Waals surface area contributed by atoms with Crippen molar-refractivity contribution < 1.29 is 0 Å². The summed E-state index contributed by atoms with van der Waals surface area (Å²) in [7, 11) is 0. The van der Waals surface area contributed by atoms with Crippen molar-refractivity contribution in [2.45, 2.75) is 61.8 Å². The fourth-order valence-corrected chi connectivity index (χ4v) is 4.58. The van der Waals surface area contributed by atoms with Crippen LogP contribution in [0.4, 0.5) is 0 Å². The van der Waals surface area contributed by atoms with Crippen molar-refractivity contribution in [2.75, 3.05) is 0 Å². The van der Waals surface area contributed by atoms with E-state index < -0.39 is 0 Å². The minimum atomic E-state index is 0.768. The molecule has 2 unspecified atom stereocenters. The van der Waals surface area contributed by atoms with Gasteiger partial charge in [0, 0.05) is 0 Å². The molecule has 29 heavy (non-hydrogen) atoms. The van der Waals surface area contributed by atoms with Crippen LogP contribution in [0.15, 0.2) is 36.4 Å². The lowest BCUT2D eigenvalue weighted by molar-refractivity contribution is 1.06. The third-order valence-corrected chi connectivity index (χ3v) is 6.40. The zero-order valence-corrected chi connectivity index (χ0v) is 19.5. The fourth-order valence-electron chi connectivity index (χ4n) is 4.58. The Kier molecular flexibility index (Phi) is 6.32. The maximum absolute atomic E-state index is 2.55. The van der Waals surface area contributed by atoms with Gasteiger partial charge in [0.05, 0.1) is 0 Å². The average molecular weight is 385 g/mol. The molecule has 0 spiro atoms. The molecule has 3 aromatic rings. The summed E-state index contributed by atoms with van der Waals surface area (Å²) in [6, 6.07) is 13.6. The van der Waals surface area contributed by atoms with E-state index in [1.54, 1.807) is 0 Å². The van der Waals surface area contributed by atoms with E-state index >= 15 is 0 Å². The van der Waals surface area contributed by atoms with Crippen molar-refractivity contribution >= 4 is 22.9 Å². The average Bonchev–Trinajstić information content (AvgIpc) is 3.51. The Balaban J connectivity index is 0.000000568. The van der Waals surface area contributed by atoms with Gasteiger partial charge >= 0.3 is 0 Å². The number of hydrogen-bond acceptors (Lipinski definition) is 0. The number of benzene rings is 3. The van der Waals surface area contributed by atoms with Crippen LogP contribution >= 0.6 is 0 Å². The maximum atomic E-state index is 2.55. The summed E-state index contributed by atoms with van der Waals surface area (Å²) >= 11 is 0. The molecule has 0 nitrogen and oxygen atoms in total. The van der Waals surface area contributed by atoms with Gasteiger partial charge in [-0.25, -0.2) is 0 Å². The Hall–Kier alpha value is -2.34. The van der Waals surface area contributed by atoms with Crippen molar-refractivity contribution in [3.8, 4) is 11.1 Å². The molecule has 1 fully saturated rings. The standard InChI is InChI=1S/C25H24.2C2H6/c1-14-9-18-7-5-6-8-22(18)24(16(14)3)25-17(4)15(2)10-21-12-19-11-20(19)13-23(21)25;2*1-2/h5-10,12-13,19-20H,11H2,1-4H3;2*1-2H3. The van der Waals surface area contributed by atoms with Gasteiger partial charge in [-0.05, 0) is 101 Å². The molecule has 2 aliphatic carbocycles. The van der Waals surface area contributed by atoms with Crippen molar-refractivity contribution in [3.63, 3.8) is 0 Å². The smallest absolute Gasteiger partial charge is 0.00646 e. The highest BCUT2D eigenvalue weighted by molar-refractivity contribution is 6.00. The maximum Gasteiger partial charge on any atom is -0.00646 e. The Morgan fingerprint density at radius 2 is 1.28 bits per heavy atom. The molecule has 3 aromatic carbocycles. The monoisotopic (exact) mass is 384 g/mol. The van der Waals surface area contributed by atoms with E-state index in [-0.39, 0.29) is 0 Å². The van der Waals surface area contributed by atoms with Gasteiger partial charge < -0.3 is 0 Å². The van der Waals surface area contributed by atoms with Crippen LogP contribution in [0.2, 0.25) is 0 Å². The minimum absolute atomic E-state index is 0.768. The number of fused-ring (bicyclic) bond motifs is 3. The predicted octanol–water partition coefficient (Wildman–Crippen LogP) is 7.00. The molecule has 0 radical (unpaired) electrons. The second-order valence-electron chi connectivity index (χ2n) is 8.01. The summed E-state index contributed by atoms with van der Waals surface area (Å²) in [5.74, 6) is 1.56. The Morgan fingerprint density at radius 1 is 0.690 bits per heavy atom. The Bertz CT molecular complexity index is 1160. The summed E-state index contributed by atoms with van der Waals surface area (Å²) in [6.07, 6.45) is 6.40. The first-order valence-electron chi connectivity index (χ1n) is 11.4. The van der Waals surface area contributed by atoms with E-state index in [9.17, 15) is 0 Å². The van der Waals surface area contributed by atoms with Gasteiger partial charge in [0.15, 0.2) is 0 Å². The normalized spacial score (nSPS) is 18.1. The fraction of sp³-hybridized carbons (Fsp3) is 0.379. The van der Waals surface area contributed by atoms with Crippen molar-refractivity contribution in [1.29, 1.82) is 0 Å². The molecular weight excluding hydrogens is 348 g/mol. The first-order valence-corrected chi connectivity index (χ1v) is 11.4. The second kappa shape index (κ2) is 8.57. The molecule has 2 atom stereocenters. The Labute approximate surface area is 177 Å². The van der Waals surface area contributed by atoms with Crippen molar-refractivity contribution in [1.82, 2.24) is 0 Å². The summed E-state index contributed by atoms with van der Waals surface area (Å²) in [6.45, 7) is 17.1. The second-order valence-corrected chi connectivity index (χ2v) is 8.01. The molecule has 0 aliphatic heterocycles. The van der Waals surface area contributed by atoms with Crippen LogP contribution in [0.1, 0.15) is 56.4 Å². The first kappa shape index (κ1) is 21.4. The van der Waals surface area contributed by atoms with Crippen molar-refractivity contribution in [2.24, 2.45) is 11.8 Å². The van der Waals surface area contributed by atoms with Gasteiger partial charge in [0.25, 0.3) is 0 Å². The van der Waals surface area contributed by atoms with Gasteiger partial charge in [-0.2, -0.15) is 0 Å². The Morgan fingerprint density at radius 3 is 2.00 bits per heavy atom. The molecule has 0 heterocycles. The van der Waals surface area contributed by atoms with E-state index in [1.165, 1.54) is 61.0 Å². The zero-order valence-electron chi connectivity index (χ0n) is 19.5. The summed E-state index contributed by atoms with van der Waals surface area (Å²) < 4.78 is 0. The summed E-state index contributed by atoms with van der Waals surface area (Å²) in [4.78, 5) is 0. The molecule has 2 aliphatic rings. The minimum Gasteiger partial charge on any atom is -0.0729 e. The van der Waals surface area contributed by atoms with Gasteiger partial charge in [0.2, 0.25) is 0 Å². The van der Waals surface area contributed by atoms with Crippen LogP contribution in [0.5, 0.6) is 0 Å². The van der Waals surface area contributed by atoms with Gasteiger partial charge in [-0.1, -0.05) is 76.2 Å². The molecular formula is C29H36. The third-order valence-electron chi connectivity index (χ3n) is 6.40. The van der Waals surface area contributed by atoms with Crippen molar-refractivity contribution in [3.05, 3.63) is 69.1 Å². The van der Waals surface area contributed by atoms with E-state index in [0.29, 0.717) is 0 Å². The molecule has 0 amide bonds.